The van der Waals surface area contributed by atoms with E-state index in [9.17, 15) is 9.18 Å². The van der Waals surface area contributed by atoms with Crippen molar-refractivity contribution in [3.8, 4) is 0 Å². The second-order valence-corrected chi connectivity index (χ2v) is 6.86. The van der Waals surface area contributed by atoms with Gasteiger partial charge >= 0.3 is 0 Å². The monoisotopic (exact) mass is 352 g/mol. The first-order chi connectivity index (χ1) is 12.1. The molecule has 0 saturated heterocycles. The Bertz CT molecular complexity index is 855. The van der Waals surface area contributed by atoms with Crippen LogP contribution >= 0.6 is 12.2 Å². The Morgan fingerprint density at radius 1 is 1.04 bits per heavy atom. The maximum absolute atomic E-state index is 13.3. The summed E-state index contributed by atoms with van der Waals surface area (Å²) in [7, 11) is 0. The molecule has 0 atom stereocenters. The van der Waals surface area contributed by atoms with Crippen LogP contribution in [-0.4, -0.2) is 27.2 Å². The first-order valence-electron chi connectivity index (χ1n) is 8.40. The Kier molecular flexibility index (Phi) is 3.96. The third-order valence-corrected chi connectivity index (χ3v) is 5.26. The van der Waals surface area contributed by atoms with Crippen molar-refractivity contribution >= 4 is 28.8 Å². The molecular weight excluding hydrogens is 335 g/mol. The van der Waals surface area contributed by atoms with Crippen LogP contribution in [0.2, 0.25) is 0 Å². The van der Waals surface area contributed by atoms with E-state index in [4.69, 9.17) is 17.2 Å². The van der Waals surface area contributed by atoms with Gasteiger partial charge in [-0.1, -0.05) is 30.4 Å². The zero-order valence-corrected chi connectivity index (χ0v) is 14.4. The molecule has 0 unspecified atom stereocenters. The second-order valence-electron chi connectivity index (χ2n) is 6.47. The molecule has 25 heavy (non-hydrogen) atoms. The fraction of sp³-hybridized carbons (Fsp3) is 0.250. The molecule has 1 saturated carbocycles. The fourth-order valence-electron chi connectivity index (χ4n) is 3.66. The quantitative estimate of drug-likeness (QED) is 0.752. The average Bonchev–Trinajstić information content (AvgIpc) is 3.21. The molecule has 1 spiro atoms. The molecule has 4 rings (SSSR count). The van der Waals surface area contributed by atoms with Crippen LogP contribution in [0, 0.1) is 5.82 Å². The number of nitrogens with zero attached hydrogens (tertiary/aromatic N) is 2. The lowest BCUT2D eigenvalue weighted by atomic mass is 10.1. The Hall–Kier alpha value is -2.40. The number of benzene rings is 2. The van der Waals surface area contributed by atoms with Crippen molar-refractivity contribution in [3.63, 3.8) is 0 Å². The number of halogens is 1. The summed E-state index contributed by atoms with van der Waals surface area (Å²) in [6, 6.07) is 15.3. The lowest BCUT2D eigenvalue weighted by molar-refractivity contribution is 0.0724. The summed E-state index contributed by atoms with van der Waals surface area (Å²) in [5.74, 6) is -0.422. The van der Waals surface area contributed by atoms with Gasteiger partial charge in [-0.25, -0.2) is 4.39 Å². The third-order valence-electron chi connectivity index (χ3n) is 4.89. The van der Waals surface area contributed by atoms with Crippen molar-refractivity contribution in [1.82, 2.24) is 4.90 Å². The van der Waals surface area contributed by atoms with Gasteiger partial charge in [-0.15, -0.1) is 0 Å². The number of hydrogen-bond acceptors (Lipinski definition) is 3. The minimum Gasteiger partial charge on any atom is -0.271 e. The van der Waals surface area contributed by atoms with Crippen molar-refractivity contribution in [2.24, 2.45) is 4.99 Å². The highest BCUT2D eigenvalue weighted by Crippen LogP contribution is 2.42. The first-order valence-corrected chi connectivity index (χ1v) is 8.81. The maximum Gasteiger partial charge on any atom is 0.260 e. The zero-order chi connectivity index (χ0) is 17.4. The standard InChI is InChI=1S/C20H17FN2OS/c21-16-10-8-14(9-11-16)17-19(25)23(20(22-17)12-4-5-13-20)18(24)15-6-2-1-3-7-15/h1-3,6-11H,4-5,12-13H2. The van der Waals surface area contributed by atoms with Crippen LogP contribution in [0.1, 0.15) is 41.6 Å². The zero-order valence-electron chi connectivity index (χ0n) is 13.6. The van der Waals surface area contributed by atoms with Gasteiger partial charge in [-0.05, 0) is 62.1 Å². The van der Waals surface area contributed by atoms with E-state index < -0.39 is 5.66 Å². The SMILES string of the molecule is O=C(c1ccccc1)N1C(=S)C(c2ccc(F)cc2)=NC12CCCC2. The molecule has 126 valence electrons. The molecule has 0 bridgehead atoms. The van der Waals surface area contributed by atoms with Gasteiger partial charge in [0.1, 0.15) is 22.2 Å². The third kappa shape index (κ3) is 2.68. The summed E-state index contributed by atoms with van der Waals surface area (Å²) in [5, 5.41) is 0. The molecule has 3 nitrogen and oxygen atoms in total. The van der Waals surface area contributed by atoms with E-state index in [2.05, 4.69) is 0 Å². The van der Waals surface area contributed by atoms with Crippen LogP contribution in [0.3, 0.4) is 0 Å². The van der Waals surface area contributed by atoms with Gasteiger partial charge in [0, 0.05) is 11.1 Å². The highest BCUT2D eigenvalue weighted by Gasteiger charge is 2.50. The summed E-state index contributed by atoms with van der Waals surface area (Å²) >= 11 is 5.64. The number of rotatable bonds is 2. The van der Waals surface area contributed by atoms with Gasteiger partial charge in [0.2, 0.25) is 0 Å². The van der Waals surface area contributed by atoms with Crippen LogP contribution in [0.25, 0.3) is 0 Å². The molecule has 1 fully saturated rings. The largest absolute Gasteiger partial charge is 0.271 e. The van der Waals surface area contributed by atoms with Gasteiger partial charge in [0.05, 0.1) is 0 Å². The number of carbonyl (C=O) groups is 1. The van der Waals surface area contributed by atoms with Crippen molar-refractivity contribution in [1.29, 1.82) is 0 Å². The molecule has 2 aliphatic rings. The minimum atomic E-state index is -0.590. The molecular formula is C20H17FN2OS. The van der Waals surface area contributed by atoms with E-state index >= 15 is 0 Å². The Morgan fingerprint density at radius 2 is 1.68 bits per heavy atom. The van der Waals surface area contributed by atoms with Crippen molar-refractivity contribution in [2.75, 3.05) is 0 Å². The van der Waals surface area contributed by atoms with E-state index in [1.54, 1.807) is 29.2 Å². The summed E-state index contributed by atoms with van der Waals surface area (Å²) in [4.78, 5) is 20.2. The van der Waals surface area contributed by atoms with Crippen molar-refractivity contribution < 1.29 is 9.18 Å². The normalized spacial score (nSPS) is 18.7. The number of aliphatic imine (C=N–C) groups is 1. The van der Waals surface area contributed by atoms with E-state index in [-0.39, 0.29) is 11.7 Å². The van der Waals surface area contributed by atoms with Gasteiger partial charge in [-0.2, -0.15) is 0 Å². The summed E-state index contributed by atoms with van der Waals surface area (Å²) in [6.45, 7) is 0. The van der Waals surface area contributed by atoms with Crippen LogP contribution in [0.4, 0.5) is 4.39 Å². The topological polar surface area (TPSA) is 32.7 Å². The van der Waals surface area contributed by atoms with Gasteiger partial charge in [-0.3, -0.25) is 14.7 Å². The lowest BCUT2D eigenvalue weighted by Crippen LogP contribution is -2.48. The van der Waals surface area contributed by atoms with Crippen LogP contribution < -0.4 is 0 Å². The molecule has 2 aromatic carbocycles. The molecule has 1 aliphatic carbocycles. The highest BCUT2D eigenvalue weighted by molar-refractivity contribution is 7.82. The fourth-order valence-corrected chi connectivity index (χ4v) is 4.08. The first kappa shape index (κ1) is 16.1. The lowest BCUT2D eigenvalue weighted by Gasteiger charge is -2.32. The van der Waals surface area contributed by atoms with Crippen molar-refractivity contribution in [3.05, 3.63) is 71.5 Å². The van der Waals surface area contributed by atoms with Crippen LogP contribution in [0.15, 0.2) is 59.6 Å². The number of amides is 1. The summed E-state index contributed by atoms with van der Waals surface area (Å²) < 4.78 is 13.3. The number of hydrogen-bond donors (Lipinski definition) is 0. The van der Waals surface area contributed by atoms with E-state index in [1.165, 1.54) is 12.1 Å². The second kappa shape index (κ2) is 6.15. The summed E-state index contributed by atoms with van der Waals surface area (Å²) in [5.41, 5.74) is 1.38. The molecule has 2 aromatic rings. The minimum absolute atomic E-state index is 0.117. The van der Waals surface area contributed by atoms with Gasteiger partial charge < -0.3 is 0 Å². The smallest absolute Gasteiger partial charge is 0.260 e. The molecule has 0 N–H and O–H groups in total. The Labute approximate surface area is 151 Å². The van der Waals surface area contributed by atoms with Gasteiger partial charge in [0.25, 0.3) is 5.91 Å². The van der Waals surface area contributed by atoms with Crippen molar-refractivity contribution in [2.45, 2.75) is 31.3 Å². The molecule has 0 radical (unpaired) electrons. The molecule has 1 heterocycles. The number of carbonyl (C=O) groups excluding carboxylic acids is 1. The van der Waals surface area contributed by atoms with E-state index in [1.807, 2.05) is 18.2 Å². The van der Waals surface area contributed by atoms with E-state index in [0.717, 1.165) is 31.2 Å². The predicted octanol–water partition coefficient (Wildman–Crippen LogP) is 4.37. The highest BCUT2D eigenvalue weighted by atomic mass is 32.1. The predicted molar refractivity (Wildman–Crippen MR) is 99.3 cm³/mol. The maximum atomic E-state index is 13.3. The Morgan fingerprint density at radius 3 is 2.32 bits per heavy atom. The summed E-state index contributed by atoms with van der Waals surface area (Å²) in [6.07, 6.45) is 3.63. The molecule has 1 amide bonds. The van der Waals surface area contributed by atoms with Crippen LogP contribution in [0.5, 0.6) is 0 Å². The number of thiocarbonyl (C=S) groups is 1. The molecule has 0 aromatic heterocycles. The van der Waals surface area contributed by atoms with Crippen LogP contribution in [-0.2, 0) is 0 Å². The molecule has 1 aliphatic heterocycles. The van der Waals surface area contributed by atoms with E-state index in [0.29, 0.717) is 16.3 Å². The molecule has 5 heteroatoms. The average molecular weight is 352 g/mol. The Balaban J connectivity index is 1.76. The van der Waals surface area contributed by atoms with Gasteiger partial charge in [0.15, 0.2) is 0 Å².